The summed E-state index contributed by atoms with van der Waals surface area (Å²) in [5.41, 5.74) is 4.72. The number of rotatable bonds is 13. The van der Waals surface area contributed by atoms with E-state index in [4.69, 9.17) is 16.3 Å². The molecule has 5 aromatic rings. The van der Waals surface area contributed by atoms with Gasteiger partial charge in [-0.3, -0.25) is 19.8 Å². The van der Waals surface area contributed by atoms with Crippen LogP contribution in [0.4, 0.5) is 17.1 Å². The molecule has 2 aliphatic heterocycles. The van der Waals surface area contributed by atoms with Crippen LogP contribution in [-0.2, 0) is 24.5 Å². The zero-order valence-electron chi connectivity index (χ0n) is 35.2. The summed E-state index contributed by atoms with van der Waals surface area (Å²) in [4.78, 5) is 36.7. The first kappa shape index (κ1) is 44.3. The van der Waals surface area contributed by atoms with Crippen LogP contribution in [0.2, 0.25) is 5.02 Å². The van der Waals surface area contributed by atoms with Crippen LogP contribution in [0.1, 0.15) is 61.9 Å². The summed E-state index contributed by atoms with van der Waals surface area (Å²) in [6, 6.07) is 19.3. The van der Waals surface area contributed by atoms with Crippen LogP contribution in [0.25, 0.3) is 16.6 Å². The number of hydrogen-bond acceptors (Lipinski definition) is 12. The highest BCUT2D eigenvalue weighted by molar-refractivity contribution is 7.92. The number of H-pyrrole nitrogens is 1. The van der Waals surface area contributed by atoms with E-state index in [-0.39, 0.29) is 32.4 Å². The highest BCUT2D eigenvalue weighted by atomic mass is 35.5. The van der Waals surface area contributed by atoms with Crippen molar-refractivity contribution in [3.63, 3.8) is 0 Å². The summed E-state index contributed by atoms with van der Waals surface area (Å²) in [7, 11) is -8.66. The molecule has 8 rings (SSSR count). The van der Waals surface area contributed by atoms with E-state index in [0.717, 1.165) is 57.8 Å². The number of ether oxygens (including phenoxy) is 1. The Hall–Kier alpha value is -5.33. The van der Waals surface area contributed by atoms with Crippen molar-refractivity contribution < 1.29 is 27.1 Å². The number of aromatic nitrogens is 2. The van der Waals surface area contributed by atoms with E-state index in [2.05, 4.69) is 51.1 Å². The number of aromatic amines is 1. The Bertz CT molecular complexity index is 2800. The first-order valence-corrected chi connectivity index (χ1v) is 24.5. The number of hydrogen-bond donors (Lipinski definition) is 4. The number of pyridine rings is 1. The van der Waals surface area contributed by atoms with Crippen molar-refractivity contribution in [1.82, 2.24) is 19.6 Å². The molecule has 2 saturated heterocycles. The van der Waals surface area contributed by atoms with Gasteiger partial charge in [0, 0.05) is 87.0 Å². The minimum Gasteiger partial charge on any atom is -0.381 e. The summed E-state index contributed by atoms with van der Waals surface area (Å²) < 4.78 is 59.0. The molecule has 2 fully saturated rings. The second kappa shape index (κ2) is 18.0. The van der Waals surface area contributed by atoms with E-state index < -0.39 is 41.2 Å². The summed E-state index contributed by atoms with van der Waals surface area (Å²) in [6.45, 7) is 9.80. The molecular weight excluding hydrogens is 864 g/mol. The molecule has 1 amide bonds. The van der Waals surface area contributed by atoms with Crippen LogP contribution in [0.3, 0.4) is 0 Å². The first-order valence-electron chi connectivity index (χ1n) is 21.0. The van der Waals surface area contributed by atoms with Gasteiger partial charge >= 0.3 is 0 Å². The van der Waals surface area contributed by atoms with Crippen molar-refractivity contribution in [2.75, 3.05) is 62.7 Å². The normalized spacial score (nSPS) is 18.6. The highest BCUT2D eigenvalue weighted by Crippen LogP contribution is 2.43. The third-order valence-electron chi connectivity index (χ3n) is 12.4. The molecule has 0 bridgehead atoms. The average molecular weight is 916 g/mol. The van der Waals surface area contributed by atoms with Gasteiger partial charge in [-0.2, -0.15) is 0 Å². The maximum Gasteiger partial charge on any atom is 0.293 e. The molecule has 3 aliphatic rings. The van der Waals surface area contributed by atoms with Crippen LogP contribution in [-0.4, -0.2) is 90.8 Å². The number of anilines is 2. The monoisotopic (exact) mass is 914 g/mol. The molecular formula is C45H51ClN8O7S2. The number of carbonyl (C=O) groups is 1. The third kappa shape index (κ3) is 9.92. The lowest BCUT2D eigenvalue weighted by Gasteiger charge is -2.39. The van der Waals surface area contributed by atoms with Gasteiger partial charge in [-0.15, -0.1) is 0 Å². The van der Waals surface area contributed by atoms with E-state index in [0.29, 0.717) is 54.6 Å². The number of allylic oxidation sites excluding steroid dienone is 1. The fraction of sp³-hybridized carbons (Fsp3) is 0.378. The molecule has 3 aromatic carbocycles. The number of amides is 1. The topological polar surface area (TPSA) is 204 Å². The second-order valence-electron chi connectivity index (χ2n) is 17.3. The van der Waals surface area contributed by atoms with Crippen LogP contribution < -0.4 is 14.9 Å². The van der Waals surface area contributed by atoms with Crippen LogP contribution in [0, 0.1) is 26.2 Å². The van der Waals surface area contributed by atoms with Crippen molar-refractivity contribution in [3.8, 4) is 0 Å². The molecule has 0 spiro atoms. The van der Waals surface area contributed by atoms with Gasteiger partial charge in [0.2, 0.25) is 0 Å². The van der Waals surface area contributed by atoms with E-state index >= 15 is 0 Å². The Kier molecular flexibility index (Phi) is 12.7. The summed E-state index contributed by atoms with van der Waals surface area (Å²) in [5.74, 6) is -0.895. The van der Waals surface area contributed by atoms with Crippen molar-refractivity contribution >= 4 is 70.9 Å². The molecule has 2 aromatic heterocycles. The first-order chi connectivity index (χ1) is 30.1. The van der Waals surface area contributed by atoms with Crippen molar-refractivity contribution in [3.05, 3.63) is 117 Å². The minimum absolute atomic E-state index is 0.0355. The number of benzene rings is 3. The molecule has 18 heteroatoms. The quantitative estimate of drug-likeness (QED) is 0.0653. The van der Waals surface area contributed by atoms with Crippen molar-refractivity contribution in [2.45, 2.75) is 60.6 Å². The number of nitro benzene ring substituents is 1. The largest absolute Gasteiger partial charge is 0.381 e. The van der Waals surface area contributed by atoms with Crippen molar-refractivity contribution in [1.29, 1.82) is 4.78 Å². The van der Waals surface area contributed by atoms with Gasteiger partial charge in [0.1, 0.15) is 21.1 Å². The average Bonchev–Trinajstić information content (AvgIpc) is 3.75. The van der Waals surface area contributed by atoms with E-state index in [1.54, 1.807) is 24.4 Å². The lowest BCUT2D eigenvalue weighted by atomic mass is 9.72. The standard InChI is InChI=1S/C45H51ClN8O7S2/c1-45(2)15-11-33(39(26-45)31-3-5-34(46)6-4-31)29-52-17-19-53(20-18-52)35-7-9-38(42(24-35)62(47,58)37-23-32-12-16-48-43(32)50-28-37)44(55)51-63(59,60)36-8-10-40(41(25-36)54(56)57)49-27-30-13-21-61-22-14-30/h3-10,12,16,23-25,28,30,47,49H,11,13-15,17-22,26-27,29H2,1-2H3,(H,48,50)(H,51,55). The highest BCUT2D eigenvalue weighted by Gasteiger charge is 2.32. The maximum atomic E-state index is 14.7. The van der Waals surface area contributed by atoms with Gasteiger partial charge in [-0.05, 0) is 109 Å². The van der Waals surface area contributed by atoms with Crippen LogP contribution in [0.15, 0.2) is 105 Å². The fourth-order valence-corrected chi connectivity index (χ4v) is 11.3. The lowest BCUT2D eigenvalue weighted by Crippen LogP contribution is -2.47. The SMILES string of the molecule is CC1(C)CCC(CN2CCN(c3ccc(C(=O)NS(=O)(=O)c4ccc(NCC5CCOCC5)c([N+](=O)[O-])c4)c(S(=N)(=O)c4cnc5[nH]ccc5c4)c3)CC2)=C(c2ccc(Cl)cc2)C1. The third-order valence-corrected chi connectivity index (χ3v) is 15.8. The number of sulfonamides is 1. The number of nitrogens with one attached hydrogen (secondary N) is 4. The van der Waals surface area contributed by atoms with Crippen molar-refractivity contribution in [2.24, 2.45) is 11.3 Å². The van der Waals surface area contributed by atoms with E-state index in [1.807, 2.05) is 16.9 Å². The molecule has 1 aliphatic carbocycles. The summed E-state index contributed by atoms with van der Waals surface area (Å²) in [6.07, 6.45) is 7.66. The number of fused-ring (bicyclic) bond motifs is 1. The second-order valence-corrected chi connectivity index (χ2v) is 21.5. The number of nitro groups is 1. The van der Waals surface area contributed by atoms with Gasteiger partial charge in [-0.25, -0.2) is 27.1 Å². The van der Waals surface area contributed by atoms with Gasteiger partial charge in [0.05, 0.1) is 25.2 Å². The smallest absolute Gasteiger partial charge is 0.293 e. The Labute approximate surface area is 372 Å². The molecule has 0 saturated carbocycles. The summed E-state index contributed by atoms with van der Waals surface area (Å²) in [5, 5.41) is 16.5. The zero-order valence-corrected chi connectivity index (χ0v) is 37.6. The molecule has 63 heavy (non-hydrogen) atoms. The Morgan fingerprint density at radius 1 is 1.00 bits per heavy atom. The van der Waals surface area contributed by atoms with E-state index in [9.17, 15) is 32.3 Å². The minimum atomic E-state index is -4.69. The molecule has 4 heterocycles. The zero-order chi connectivity index (χ0) is 44.5. The number of halogens is 1. The van der Waals surface area contributed by atoms with Gasteiger partial charge in [0.15, 0.2) is 0 Å². The van der Waals surface area contributed by atoms with Gasteiger partial charge in [0.25, 0.3) is 21.6 Å². The van der Waals surface area contributed by atoms with Crippen LogP contribution >= 0.6 is 11.6 Å². The molecule has 0 radical (unpaired) electrons. The molecule has 15 nitrogen and oxygen atoms in total. The number of piperazine rings is 1. The number of nitrogens with zero attached hydrogens (tertiary/aromatic N) is 4. The van der Waals surface area contributed by atoms with Gasteiger partial charge < -0.3 is 19.9 Å². The van der Waals surface area contributed by atoms with Crippen LogP contribution in [0.5, 0.6) is 0 Å². The molecule has 332 valence electrons. The Balaban J connectivity index is 1.05. The molecule has 4 N–H and O–H groups in total. The van der Waals surface area contributed by atoms with E-state index in [1.165, 1.54) is 47.2 Å². The maximum absolute atomic E-state index is 14.7. The molecule has 1 atom stereocenters. The lowest BCUT2D eigenvalue weighted by molar-refractivity contribution is -0.384. The molecule has 1 unspecified atom stereocenters. The predicted molar refractivity (Wildman–Crippen MR) is 244 cm³/mol. The Morgan fingerprint density at radius 3 is 2.48 bits per heavy atom. The Morgan fingerprint density at radius 2 is 1.75 bits per heavy atom. The fourth-order valence-electron chi connectivity index (χ4n) is 8.65. The number of carbonyl (C=O) groups excluding carboxylic acids is 1. The predicted octanol–water partition coefficient (Wildman–Crippen LogP) is 8.33. The summed E-state index contributed by atoms with van der Waals surface area (Å²) >= 11 is 6.24. The van der Waals surface area contributed by atoms with Gasteiger partial charge in [-0.1, -0.05) is 43.2 Å².